The van der Waals surface area contributed by atoms with Gasteiger partial charge in [-0.3, -0.25) is 0 Å². The first-order chi connectivity index (χ1) is 6.22. The molecule has 13 heavy (non-hydrogen) atoms. The Balaban J connectivity index is 1.84. The van der Waals surface area contributed by atoms with Crippen LogP contribution < -0.4 is 11.1 Å². The molecule has 0 aromatic rings. The van der Waals surface area contributed by atoms with Crippen LogP contribution in [0.5, 0.6) is 0 Å². The van der Waals surface area contributed by atoms with Crippen molar-refractivity contribution in [2.75, 3.05) is 13.2 Å². The van der Waals surface area contributed by atoms with E-state index in [4.69, 9.17) is 10.8 Å². The summed E-state index contributed by atoms with van der Waals surface area (Å²) in [5.74, 6) is 0.449. The Kier molecular flexibility index (Phi) is 4.70. The third kappa shape index (κ3) is 4.07. The van der Waals surface area contributed by atoms with Crippen molar-refractivity contribution in [1.29, 1.82) is 0 Å². The van der Waals surface area contributed by atoms with E-state index in [1.807, 2.05) is 0 Å². The van der Waals surface area contributed by atoms with Gasteiger partial charge in [-0.2, -0.15) is 0 Å². The molecule has 3 nitrogen and oxygen atoms in total. The summed E-state index contributed by atoms with van der Waals surface area (Å²) in [4.78, 5) is 0. The van der Waals surface area contributed by atoms with E-state index in [1.165, 1.54) is 0 Å². The zero-order chi connectivity index (χ0) is 9.68. The molecule has 0 bridgehead atoms. The number of hydrogen-bond acceptors (Lipinski definition) is 3. The van der Waals surface area contributed by atoms with Gasteiger partial charge in [-0.1, -0.05) is 6.92 Å². The summed E-state index contributed by atoms with van der Waals surface area (Å²) >= 11 is 0. The van der Waals surface area contributed by atoms with Gasteiger partial charge in [0.25, 0.3) is 0 Å². The largest absolute Gasteiger partial charge is 0.396 e. The van der Waals surface area contributed by atoms with Crippen molar-refractivity contribution in [2.24, 2.45) is 11.7 Å². The van der Waals surface area contributed by atoms with E-state index in [0.717, 1.165) is 32.2 Å². The number of hydrogen-bond donors (Lipinski definition) is 3. The predicted molar refractivity (Wildman–Crippen MR) is 54.5 cm³/mol. The summed E-state index contributed by atoms with van der Waals surface area (Å²) < 4.78 is 0. The van der Waals surface area contributed by atoms with Crippen LogP contribution in [-0.2, 0) is 0 Å². The van der Waals surface area contributed by atoms with Crippen LogP contribution in [0.4, 0.5) is 0 Å². The molecule has 0 spiro atoms. The van der Waals surface area contributed by atoms with E-state index < -0.39 is 0 Å². The lowest BCUT2D eigenvalue weighted by molar-refractivity contribution is 0.225. The standard InChI is InChI=1S/C10H22N2O/c1-8(7-13)3-2-4-12-10-5-9(11)6-10/h8-10,12-13H,2-7,11H2,1H3. The normalized spacial score (nSPS) is 29.8. The third-order valence-electron chi connectivity index (χ3n) is 2.79. The smallest absolute Gasteiger partial charge is 0.0456 e. The van der Waals surface area contributed by atoms with Crippen LogP contribution in [0.2, 0.25) is 0 Å². The van der Waals surface area contributed by atoms with Crippen LogP contribution >= 0.6 is 0 Å². The molecule has 78 valence electrons. The molecule has 0 amide bonds. The minimum atomic E-state index is 0.314. The minimum absolute atomic E-state index is 0.314. The quantitative estimate of drug-likeness (QED) is 0.529. The summed E-state index contributed by atoms with van der Waals surface area (Å²) in [6, 6.07) is 1.10. The van der Waals surface area contributed by atoms with Gasteiger partial charge in [-0.15, -0.1) is 0 Å². The topological polar surface area (TPSA) is 58.3 Å². The van der Waals surface area contributed by atoms with Crippen LogP contribution in [-0.4, -0.2) is 30.3 Å². The molecule has 1 fully saturated rings. The van der Waals surface area contributed by atoms with Crippen LogP contribution in [0.1, 0.15) is 32.6 Å². The second kappa shape index (κ2) is 5.58. The minimum Gasteiger partial charge on any atom is -0.396 e. The molecule has 0 radical (unpaired) electrons. The van der Waals surface area contributed by atoms with Crippen molar-refractivity contribution >= 4 is 0 Å². The highest BCUT2D eigenvalue weighted by molar-refractivity contribution is 4.87. The van der Waals surface area contributed by atoms with E-state index in [1.54, 1.807) is 0 Å². The number of nitrogens with two attached hydrogens (primary N) is 1. The molecular weight excluding hydrogens is 164 g/mol. The number of aliphatic hydroxyl groups is 1. The Morgan fingerprint density at radius 1 is 1.54 bits per heavy atom. The van der Waals surface area contributed by atoms with Crippen molar-refractivity contribution < 1.29 is 5.11 Å². The molecule has 1 unspecified atom stereocenters. The van der Waals surface area contributed by atoms with Crippen molar-refractivity contribution in [2.45, 2.75) is 44.7 Å². The molecule has 1 saturated carbocycles. The number of rotatable bonds is 6. The van der Waals surface area contributed by atoms with Gasteiger partial charge in [0.05, 0.1) is 0 Å². The van der Waals surface area contributed by atoms with Crippen LogP contribution in [0.15, 0.2) is 0 Å². The van der Waals surface area contributed by atoms with E-state index in [-0.39, 0.29) is 0 Å². The molecule has 4 N–H and O–H groups in total. The first-order valence-corrected chi connectivity index (χ1v) is 5.32. The van der Waals surface area contributed by atoms with Gasteiger partial charge in [0.15, 0.2) is 0 Å². The lowest BCUT2D eigenvalue weighted by Crippen LogP contribution is -2.48. The molecule has 1 rings (SSSR count). The third-order valence-corrected chi connectivity index (χ3v) is 2.79. The first kappa shape index (κ1) is 11.0. The first-order valence-electron chi connectivity index (χ1n) is 5.32. The van der Waals surface area contributed by atoms with E-state index in [2.05, 4.69) is 12.2 Å². The zero-order valence-corrected chi connectivity index (χ0v) is 8.50. The Hall–Kier alpha value is -0.120. The van der Waals surface area contributed by atoms with Crippen molar-refractivity contribution in [3.05, 3.63) is 0 Å². The summed E-state index contributed by atoms with van der Waals surface area (Å²) in [6.45, 7) is 3.47. The Morgan fingerprint density at radius 2 is 2.23 bits per heavy atom. The highest BCUT2D eigenvalue weighted by Gasteiger charge is 2.24. The second-order valence-corrected chi connectivity index (χ2v) is 4.31. The molecule has 1 atom stereocenters. The van der Waals surface area contributed by atoms with Crippen molar-refractivity contribution in [3.8, 4) is 0 Å². The highest BCUT2D eigenvalue weighted by Crippen LogP contribution is 2.17. The molecule has 1 aliphatic rings. The van der Waals surface area contributed by atoms with Gasteiger partial charge in [0, 0.05) is 18.7 Å². The van der Waals surface area contributed by atoms with E-state index in [0.29, 0.717) is 24.6 Å². The van der Waals surface area contributed by atoms with Gasteiger partial charge >= 0.3 is 0 Å². The van der Waals surface area contributed by atoms with Gasteiger partial charge in [0.2, 0.25) is 0 Å². The molecule has 0 saturated heterocycles. The molecule has 0 aliphatic heterocycles. The Labute approximate surface area is 80.7 Å². The summed E-state index contributed by atoms with van der Waals surface area (Å²) in [5, 5.41) is 12.3. The monoisotopic (exact) mass is 186 g/mol. The van der Waals surface area contributed by atoms with Gasteiger partial charge in [-0.25, -0.2) is 0 Å². The average molecular weight is 186 g/mol. The molecule has 3 heteroatoms. The molecule has 1 aliphatic carbocycles. The fraction of sp³-hybridized carbons (Fsp3) is 1.00. The van der Waals surface area contributed by atoms with Crippen LogP contribution in [0, 0.1) is 5.92 Å². The van der Waals surface area contributed by atoms with Crippen molar-refractivity contribution in [3.63, 3.8) is 0 Å². The molecule has 0 aromatic heterocycles. The maximum atomic E-state index is 8.80. The lowest BCUT2D eigenvalue weighted by Gasteiger charge is -2.33. The van der Waals surface area contributed by atoms with Gasteiger partial charge in [-0.05, 0) is 38.1 Å². The zero-order valence-electron chi connectivity index (χ0n) is 8.50. The number of nitrogens with one attached hydrogen (secondary N) is 1. The molecule has 0 heterocycles. The summed E-state index contributed by atoms with van der Waals surface area (Å²) in [5.41, 5.74) is 5.67. The highest BCUT2D eigenvalue weighted by atomic mass is 16.3. The fourth-order valence-electron chi connectivity index (χ4n) is 1.68. The Bertz CT molecular complexity index is 135. The van der Waals surface area contributed by atoms with E-state index >= 15 is 0 Å². The molecule has 0 aromatic carbocycles. The van der Waals surface area contributed by atoms with Gasteiger partial charge < -0.3 is 16.2 Å². The Morgan fingerprint density at radius 3 is 2.77 bits per heavy atom. The predicted octanol–water partition coefficient (Wildman–Crippen LogP) is 0.474. The lowest BCUT2D eigenvalue weighted by atomic mass is 9.87. The van der Waals surface area contributed by atoms with Crippen LogP contribution in [0.3, 0.4) is 0 Å². The average Bonchev–Trinajstić information content (AvgIpc) is 2.08. The fourth-order valence-corrected chi connectivity index (χ4v) is 1.68. The summed E-state index contributed by atoms with van der Waals surface area (Å²) in [6.07, 6.45) is 4.54. The van der Waals surface area contributed by atoms with Gasteiger partial charge in [0.1, 0.15) is 0 Å². The molecular formula is C10H22N2O. The van der Waals surface area contributed by atoms with E-state index in [9.17, 15) is 0 Å². The maximum absolute atomic E-state index is 8.80. The maximum Gasteiger partial charge on any atom is 0.0456 e. The SMILES string of the molecule is CC(CO)CCCNC1CC(N)C1. The number of aliphatic hydroxyl groups excluding tert-OH is 1. The summed E-state index contributed by atoms with van der Waals surface area (Å²) in [7, 11) is 0. The van der Waals surface area contributed by atoms with Crippen molar-refractivity contribution in [1.82, 2.24) is 5.32 Å². The van der Waals surface area contributed by atoms with Crippen LogP contribution in [0.25, 0.3) is 0 Å². The second-order valence-electron chi connectivity index (χ2n) is 4.31.